The van der Waals surface area contributed by atoms with E-state index in [1.807, 2.05) is 0 Å². The summed E-state index contributed by atoms with van der Waals surface area (Å²) >= 11 is 0. The van der Waals surface area contributed by atoms with Crippen LogP contribution in [0.5, 0.6) is 0 Å². The van der Waals surface area contributed by atoms with Gasteiger partial charge in [-0.1, -0.05) is 19.8 Å². The topological polar surface area (TPSA) is 20.2 Å². The zero-order valence-corrected chi connectivity index (χ0v) is 6.14. The third-order valence-corrected chi connectivity index (χ3v) is 2.39. The lowest BCUT2D eigenvalue weighted by molar-refractivity contribution is 0.172. The lowest BCUT2D eigenvalue weighted by atomic mass is 9.84. The van der Waals surface area contributed by atoms with Crippen molar-refractivity contribution in [2.75, 3.05) is 6.61 Å². The van der Waals surface area contributed by atoms with Crippen LogP contribution in [0.15, 0.2) is 0 Å². The van der Waals surface area contributed by atoms with E-state index in [-0.39, 0.29) is 7.13 Å². The number of hydrogen-bond donors (Lipinski definition) is 1. The van der Waals surface area contributed by atoms with Gasteiger partial charge in [0.2, 0.25) is 0 Å². The molecule has 0 atom stereocenters. The Morgan fingerprint density at radius 3 is 2.33 bits per heavy atom. The summed E-state index contributed by atoms with van der Waals surface area (Å²) in [6, 6.07) is 0. The third kappa shape index (κ3) is 1.98. The SMILES string of the molecule is CC1CCC(CO)CC1.[HH].[HH].[HH].[HH].[HH]. The fourth-order valence-electron chi connectivity index (χ4n) is 1.51. The van der Waals surface area contributed by atoms with E-state index in [0.717, 1.165) is 5.92 Å². The van der Waals surface area contributed by atoms with Gasteiger partial charge in [-0.25, -0.2) is 0 Å². The smallest absolute Gasteiger partial charge is 0.0459 e. The predicted octanol–water partition coefficient (Wildman–Crippen LogP) is 3.04. The predicted molar refractivity (Wildman–Crippen MR) is 48.8 cm³/mol. The molecule has 0 bridgehead atoms. The monoisotopic (exact) mass is 138 g/mol. The van der Waals surface area contributed by atoms with Gasteiger partial charge in [-0.3, -0.25) is 0 Å². The first-order chi connectivity index (χ1) is 4.33. The van der Waals surface area contributed by atoms with Gasteiger partial charge in [-0.2, -0.15) is 0 Å². The second-order valence-corrected chi connectivity index (χ2v) is 3.31. The molecule has 0 aromatic carbocycles. The van der Waals surface area contributed by atoms with Gasteiger partial charge in [-0.15, -0.1) is 0 Å². The molecular weight excluding hydrogens is 112 g/mol. The van der Waals surface area contributed by atoms with Crippen LogP contribution in [0.1, 0.15) is 39.7 Å². The van der Waals surface area contributed by atoms with E-state index < -0.39 is 0 Å². The fourth-order valence-corrected chi connectivity index (χ4v) is 1.51. The highest BCUT2D eigenvalue weighted by Gasteiger charge is 2.16. The molecule has 0 saturated heterocycles. The average Bonchev–Trinajstić information content (AvgIpc) is 1.90. The molecule has 64 valence electrons. The number of rotatable bonds is 1. The van der Waals surface area contributed by atoms with Crippen LogP contribution >= 0.6 is 0 Å². The van der Waals surface area contributed by atoms with Gasteiger partial charge in [0.05, 0.1) is 0 Å². The van der Waals surface area contributed by atoms with Crippen molar-refractivity contribution in [3.05, 3.63) is 0 Å². The molecule has 0 aromatic rings. The summed E-state index contributed by atoms with van der Waals surface area (Å²) < 4.78 is 0. The fraction of sp³-hybridized carbons (Fsp3) is 1.00. The summed E-state index contributed by atoms with van der Waals surface area (Å²) in [5.74, 6) is 1.54. The van der Waals surface area contributed by atoms with Crippen molar-refractivity contribution in [3.8, 4) is 0 Å². The lowest BCUT2D eigenvalue weighted by Gasteiger charge is -2.23. The maximum absolute atomic E-state index is 8.78. The maximum Gasteiger partial charge on any atom is 0.0459 e. The van der Waals surface area contributed by atoms with Crippen molar-refractivity contribution in [1.82, 2.24) is 0 Å². The molecule has 0 aromatic heterocycles. The number of aliphatic hydroxyl groups excluding tert-OH is 1. The molecule has 0 radical (unpaired) electrons. The summed E-state index contributed by atoms with van der Waals surface area (Å²) in [4.78, 5) is 0. The molecule has 1 aliphatic rings. The highest BCUT2D eigenvalue weighted by atomic mass is 16.3. The van der Waals surface area contributed by atoms with E-state index in [1.165, 1.54) is 25.7 Å². The molecule has 0 spiro atoms. The Balaban J connectivity index is -0.0000000540. The second-order valence-electron chi connectivity index (χ2n) is 3.31. The minimum absolute atomic E-state index is 0. The van der Waals surface area contributed by atoms with Gasteiger partial charge in [-0.05, 0) is 24.7 Å². The molecule has 1 saturated carbocycles. The van der Waals surface area contributed by atoms with E-state index in [9.17, 15) is 0 Å². The molecule has 0 amide bonds. The Morgan fingerprint density at radius 1 is 1.33 bits per heavy atom. The zero-order chi connectivity index (χ0) is 6.69. The van der Waals surface area contributed by atoms with E-state index >= 15 is 0 Å². The minimum Gasteiger partial charge on any atom is -0.396 e. The maximum atomic E-state index is 8.78. The molecule has 0 aliphatic heterocycles. The molecule has 1 N–H and O–H groups in total. The Bertz CT molecular complexity index is 85.8. The number of aliphatic hydroxyl groups is 1. The van der Waals surface area contributed by atoms with Gasteiger partial charge in [0.1, 0.15) is 0 Å². The summed E-state index contributed by atoms with van der Waals surface area (Å²) in [5.41, 5.74) is 0. The van der Waals surface area contributed by atoms with Crippen LogP contribution in [0.2, 0.25) is 0 Å². The molecule has 1 fully saturated rings. The molecule has 1 rings (SSSR count). The molecule has 1 nitrogen and oxygen atoms in total. The van der Waals surface area contributed by atoms with Crippen LogP contribution in [0, 0.1) is 11.8 Å². The summed E-state index contributed by atoms with van der Waals surface area (Å²) in [6.45, 7) is 2.71. The molecule has 0 heterocycles. The molecule has 1 heteroatoms. The van der Waals surface area contributed by atoms with Crippen LogP contribution in [-0.4, -0.2) is 11.7 Å². The van der Waals surface area contributed by atoms with Gasteiger partial charge >= 0.3 is 0 Å². The first-order valence-corrected chi connectivity index (χ1v) is 3.93. The number of hydrogen-bond acceptors (Lipinski definition) is 1. The van der Waals surface area contributed by atoms with Gasteiger partial charge < -0.3 is 5.11 Å². The van der Waals surface area contributed by atoms with Gasteiger partial charge in [0.15, 0.2) is 0 Å². The van der Waals surface area contributed by atoms with Crippen LogP contribution in [-0.2, 0) is 0 Å². The Labute approximate surface area is 64.5 Å². The minimum atomic E-state index is 0. The largest absolute Gasteiger partial charge is 0.396 e. The van der Waals surface area contributed by atoms with E-state index in [1.54, 1.807) is 0 Å². The molecular formula is C8H26O. The lowest BCUT2D eigenvalue weighted by Crippen LogP contribution is -2.14. The van der Waals surface area contributed by atoms with Crippen molar-refractivity contribution in [2.24, 2.45) is 11.8 Å². The normalized spacial score (nSPS) is 36.7. The highest BCUT2D eigenvalue weighted by molar-refractivity contribution is 4.68. The van der Waals surface area contributed by atoms with Crippen molar-refractivity contribution in [3.63, 3.8) is 0 Å². The van der Waals surface area contributed by atoms with Crippen LogP contribution in [0.3, 0.4) is 0 Å². The molecule has 0 unspecified atom stereocenters. The summed E-state index contributed by atoms with van der Waals surface area (Å²) in [7, 11) is 0. The average molecular weight is 138 g/mol. The van der Waals surface area contributed by atoms with Crippen LogP contribution in [0.25, 0.3) is 0 Å². The van der Waals surface area contributed by atoms with Crippen molar-refractivity contribution in [2.45, 2.75) is 32.6 Å². The summed E-state index contributed by atoms with van der Waals surface area (Å²) in [6.07, 6.45) is 5.14. The van der Waals surface area contributed by atoms with E-state index in [2.05, 4.69) is 6.92 Å². The first-order valence-electron chi connectivity index (χ1n) is 3.93. The van der Waals surface area contributed by atoms with Crippen LogP contribution < -0.4 is 0 Å². The van der Waals surface area contributed by atoms with Gasteiger partial charge in [0.25, 0.3) is 0 Å². The first kappa shape index (κ1) is 7.07. The van der Waals surface area contributed by atoms with Crippen molar-refractivity contribution < 1.29 is 12.2 Å². The van der Waals surface area contributed by atoms with E-state index in [4.69, 9.17) is 5.11 Å². The van der Waals surface area contributed by atoms with Crippen molar-refractivity contribution >= 4 is 0 Å². The summed E-state index contributed by atoms with van der Waals surface area (Å²) in [5, 5.41) is 8.78. The van der Waals surface area contributed by atoms with E-state index in [0.29, 0.717) is 12.5 Å². The molecule has 1 aliphatic carbocycles. The van der Waals surface area contributed by atoms with Crippen LogP contribution in [0.4, 0.5) is 0 Å². The standard InChI is InChI=1S/C8H16O.5H2/c1-7-2-4-8(6-9)5-3-7;;;;;/h7-9H,2-6H2,1H3;5*1H. The second kappa shape index (κ2) is 3.21. The quantitative estimate of drug-likeness (QED) is 0.590. The van der Waals surface area contributed by atoms with Crippen molar-refractivity contribution in [1.29, 1.82) is 0 Å². The third-order valence-electron chi connectivity index (χ3n) is 2.39. The Kier molecular flexibility index (Phi) is 2.52. The molecule has 9 heavy (non-hydrogen) atoms. The van der Waals surface area contributed by atoms with Gasteiger partial charge in [0, 0.05) is 13.7 Å². The Hall–Kier alpha value is -0.0400. The highest BCUT2D eigenvalue weighted by Crippen LogP contribution is 2.27. The Morgan fingerprint density at radius 2 is 1.89 bits per heavy atom. The zero-order valence-electron chi connectivity index (χ0n) is 6.14.